The molecule has 2 aromatic rings. The summed E-state index contributed by atoms with van der Waals surface area (Å²) in [5, 5.41) is 5.08. The first-order valence-electron chi connectivity index (χ1n) is 6.91. The van der Waals surface area contributed by atoms with Gasteiger partial charge in [-0.2, -0.15) is 0 Å². The Labute approximate surface area is 126 Å². The maximum Gasteiger partial charge on any atom is 0.251 e. The Bertz CT molecular complexity index is 637. The van der Waals surface area contributed by atoms with Crippen LogP contribution in [0.1, 0.15) is 29.6 Å². The van der Waals surface area contributed by atoms with Gasteiger partial charge in [0.05, 0.1) is 5.52 Å². The number of nitrogens with zero attached hydrogens (tertiary/aromatic N) is 1. The van der Waals surface area contributed by atoms with Gasteiger partial charge in [0.1, 0.15) is 0 Å². The maximum atomic E-state index is 12.2. The second-order valence-electron chi connectivity index (χ2n) is 5.53. The molecular weight excluding hydrogens is 316 g/mol. The molecule has 0 atom stereocenters. The summed E-state index contributed by atoms with van der Waals surface area (Å²) >= 11 is 3.48. The summed E-state index contributed by atoms with van der Waals surface area (Å²) in [7, 11) is 0. The molecule has 3 nitrogen and oxygen atoms in total. The molecule has 1 N–H and O–H groups in total. The molecule has 1 aliphatic rings. The number of benzene rings is 1. The Hall–Kier alpha value is -1.42. The van der Waals surface area contributed by atoms with Crippen LogP contribution in [0, 0.1) is 5.41 Å². The van der Waals surface area contributed by atoms with Crippen molar-refractivity contribution in [2.75, 3.05) is 11.9 Å². The second kappa shape index (κ2) is 5.52. The van der Waals surface area contributed by atoms with E-state index >= 15 is 0 Å². The van der Waals surface area contributed by atoms with Crippen LogP contribution in [0.2, 0.25) is 0 Å². The fourth-order valence-electron chi connectivity index (χ4n) is 2.48. The lowest BCUT2D eigenvalue weighted by Gasteiger charge is -2.14. The molecule has 1 saturated carbocycles. The number of carbonyl (C=O) groups is 1. The smallest absolute Gasteiger partial charge is 0.251 e. The summed E-state index contributed by atoms with van der Waals surface area (Å²) in [5.41, 5.74) is 1.97. The zero-order valence-corrected chi connectivity index (χ0v) is 12.8. The summed E-state index contributed by atoms with van der Waals surface area (Å²) in [4.78, 5) is 16.5. The number of fused-ring (bicyclic) bond motifs is 1. The number of halogens is 1. The van der Waals surface area contributed by atoms with E-state index in [0.717, 1.165) is 29.2 Å². The van der Waals surface area contributed by atoms with E-state index < -0.39 is 0 Å². The summed E-state index contributed by atoms with van der Waals surface area (Å²) in [6.45, 7) is 0.780. The third kappa shape index (κ3) is 2.85. The van der Waals surface area contributed by atoms with E-state index in [9.17, 15) is 4.79 Å². The van der Waals surface area contributed by atoms with Crippen molar-refractivity contribution in [1.29, 1.82) is 0 Å². The molecule has 0 aliphatic heterocycles. The Morgan fingerprint density at radius 2 is 2.20 bits per heavy atom. The minimum atomic E-state index is 0.0107. The summed E-state index contributed by atoms with van der Waals surface area (Å²) in [6.07, 6.45) is 5.34. The van der Waals surface area contributed by atoms with Gasteiger partial charge >= 0.3 is 0 Å². The van der Waals surface area contributed by atoms with Crippen LogP contribution in [0.4, 0.5) is 0 Å². The summed E-state index contributed by atoms with van der Waals surface area (Å²) < 4.78 is 0. The maximum absolute atomic E-state index is 12.2. The molecule has 0 saturated heterocycles. The van der Waals surface area contributed by atoms with Crippen LogP contribution in [0.5, 0.6) is 0 Å². The van der Waals surface area contributed by atoms with Gasteiger partial charge in [-0.15, -0.1) is 0 Å². The van der Waals surface area contributed by atoms with Crippen LogP contribution < -0.4 is 5.32 Å². The monoisotopic (exact) mass is 332 g/mol. The minimum Gasteiger partial charge on any atom is -0.351 e. The molecule has 1 aromatic heterocycles. The number of aromatic nitrogens is 1. The van der Waals surface area contributed by atoms with Gasteiger partial charge in [-0.3, -0.25) is 9.78 Å². The normalized spacial score (nSPS) is 16.1. The lowest BCUT2D eigenvalue weighted by molar-refractivity contribution is 0.0944. The van der Waals surface area contributed by atoms with Gasteiger partial charge in [0, 0.05) is 29.0 Å². The number of alkyl halides is 1. The van der Waals surface area contributed by atoms with Crippen LogP contribution in [-0.4, -0.2) is 22.8 Å². The van der Waals surface area contributed by atoms with Crippen molar-refractivity contribution in [1.82, 2.24) is 10.3 Å². The Balaban J connectivity index is 1.69. The highest BCUT2D eigenvalue weighted by Crippen LogP contribution is 2.48. The Kier molecular flexibility index (Phi) is 3.74. The lowest BCUT2D eigenvalue weighted by Crippen LogP contribution is -2.30. The molecule has 1 heterocycles. The summed E-state index contributed by atoms with van der Waals surface area (Å²) in [5.74, 6) is 0.0107. The van der Waals surface area contributed by atoms with E-state index in [4.69, 9.17) is 0 Å². The van der Waals surface area contributed by atoms with Crippen molar-refractivity contribution >= 4 is 32.7 Å². The van der Waals surface area contributed by atoms with Gasteiger partial charge in [-0.25, -0.2) is 0 Å². The van der Waals surface area contributed by atoms with Gasteiger partial charge in [-0.05, 0) is 48.9 Å². The fourth-order valence-corrected chi connectivity index (χ4v) is 3.32. The average molecular weight is 333 g/mol. The van der Waals surface area contributed by atoms with Gasteiger partial charge < -0.3 is 5.32 Å². The average Bonchev–Trinajstić information content (AvgIpc) is 3.25. The van der Waals surface area contributed by atoms with Crippen molar-refractivity contribution in [2.24, 2.45) is 5.41 Å². The molecule has 20 heavy (non-hydrogen) atoms. The zero-order valence-electron chi connectivity index (χ0n) is 11.2. The number of nitrogens with one attached hydrogen (secondary N) is 1. The van der Waals surface area contributed by atoms with E-state index in [2.05, 4.69) is 26.2 Å². The van der Waals surface area contributed by atoms with Gasteiger partial charge in [0.25, 0.3) is 5.91 Å². The number of carbonyl (C=O) groups excluding carboxylic acids is 1. The molecule has 4 heteroatoms. The molecular formula is C16H17BrN2O. The van der Waals surface area contributed by atoms with Crippen molar-refractivity contribution < 1.29 is 4.79 Å². The number of rotatable bonds is 5. The quantitative estimate of drug-likeness (QED) is 0.851. The molecule has 0 radical (unpaired) electrons. The number of amides is 1. The molecule has 1 aliphatic carbocycles. The highest BCUT2D eigenvalue weighted by atomic mass is 79.9. The fraction of sp³-hybridized carbons (Fsp3) is 0.375. The minimum absolute atomic E-state index is 0.0107. The third-order valence-electron chi connectivity index (χ3n) is 4.07. The largest absolute Gasteiger partial charge is 0.351 e. The van der Waals surface area contributed by atoms with Crippen LogP contribution in [0.25, 0.3) is 10.9 Å². The van der Waals surface area contributed by atoms with Crippen molar-refractivity contribution in [3.63, 3.8) is 0 Å². The Morgan fingerprint density at radius 3 is 2.95 bits per heavy atom. The number of hydrogen-bond acceptors (Lipinski definition) is 2. The van der Waals surface area contributed by atoms with E-state index in [1.807, 2.05) is 30.3 Å². The van der Waals surface area contributed by atoms with Gasteiger partial charge in [0.2, 0.25) is 0 Å². The lowest BCUT2D eigenvalue weighted by atomic mass is 10.0. The zero-order chi connectivity index (χ0) is 14.0. The van der Waals surface area contributed by atoms with E-state index in [-0.39, 0.29) is 5.91 Å². The van der Waals surface area contributed by atoms with Crippen molar-refractivity contribution in [3.8, 4) is 0 Å². The molecule has 104 valence electrons. The van der Waals surface area contributed by atoms with Crippen LogP contribution in [0.15, 0.2) is 36.5 Å². The molecule has 3 rings (SSSR count). The Morgan fingerprint density at radius 1 is 1.35 bits per heavy atom. The predicted octanol–water partition coefficient (Wildman–Crippen LogP) is 3.53. The molecule has 0 bridgehead atoms. The van der Waals surface area contributed by atoms with E-state index in [1.165, 1.54) is 12.8 Å². The van der Waals surface area contributed by atoms with E-state index in [1.54, 1.807) is 6.20 Å². The molecule has 1 aromatic carbocycles. The number of hydrogen-bond donors (Lipinski definition) is 1. The summed E-state index contributed by atoms with van der Waals surface area (Å²) in [6, 6.07) is 9.51. The highest BCUT2D eigenvalue weighted by molar-refractivity contribution is 9.09. The molecule has 1 amide bonds. The first-order chi connectivity index (χ1) is 9.72. The standard InChI is InChI=1S/C16H17BrN2O/c17-8-7-16(5-6-16)11-19-15(20)13-3-4-14-12(10-13)2-1-9-18-14/h1-4,9-10H,5-8,11H2,(H,19,20). The second-order valence-corrected chi connectivity index (χ2v) is 6.33. The van der Waals surface area contributed by atoms with Crippen molar-refractivity contribution in [2.45, 2.75) is 19.3 Å². The first kappa shape index (κ1) is 13.6. The third-order valence-corrected chi connectivity index (χ3v) is 4.47. The van der Waals surface area contributed by atoms with Gasteiger partial charge in [0.15, 0.2) is 0 Å². The molecule has 1 fully saturated rings. The first-order valence-corrected chi connectivity index (χ1v) is 8.04. The van der Waals surface area contributed by atoms with Gasteiger partial charge in [-0.1, -0.05) is 22.0 Å². The SMILES string of the molecule is O=C(NCC1(CCBr)CC1)c1ccc2ncccc2c1. The van der Waals surface area contributed by atoms with Crippen molar-refractivity contribution in [3.05, 3.63) is 42.1 Å². The molecule has 0 unspecified atom stereocenters. The topological polar surface area (TPSA) is 42.0 Å². The highest BCUT2D eigenvalue weighted by Gasteiger charge is 2.41. The van der Waals surface area contributed by atoms with Crippen LogP contribution >= 0.6 is 15.9 Å². The predicted molar refractivity (Wildman–Crippen MR) is 84.2 cm³/mol. The molecule has 0 spiro atoms. The van der Waals surface area contributed by atoms with Crippen LogP contribution in [0.3, 0.4) is 0 Å². The van der Waals surface area contributed by atoms with Crippen LogP contribution in [-0.2, 0) is 0 Å². The van der Waals surface area contributed by atoms with E-state index in [0.29, 0.717) is 11.0 Å². The number of pyridine rings is 1.